The number of ether oxygens (including phenoxy) is 3. The van der Waals surface area contributed by atoms with Gasteiger partial charge in [0.1, 0.15) is 5.82 Å². The number of benzene rings is 2. The molecule has 0 unspecified atom stereocenters. The number of H-pyrrole nitrogens is 1. The molecule has 1 aliphatic heterocycles. The number of morpholine rings is 1. The molecule has 0 atom stereocenters. The van der Waals surface area contributed by atoms with E-state index < -0.39 is 0 Å². The van der Waals surface area contributed by atoms with Gasteiger partial charge in [0.05, 0.1) is 49.1 Å². The zero-order valence-corrected chi connectivity index (χ0v) is 17.5. The number of hydrogen-bond acceptors (Lipinski definition) is 5. The third-order valence-corrected chi connectivity index (χ3v) is 5.22. The normalized spacial score (nSPS) is 14.8. The minimum atomic E-state index is -0.122. The van der Waals surface area contributed by atoms with E-state index >= 15 is 0 Å². The maximum atomic E-state index is 13.4. The van der Waals surface area contributed by atoms with Crippen molar-refractivity contribution in [3.8, 4) is 11.5 Å². The van der Waals surface area contributed by atoms with Gasteiger partial charge >= 0.3 is 0 Å². The quantitative estimate of drug-likeness (QED) is 0.629. The molecule has 7 nitrogen and oxygen atoms in total. The highest BCUT2D eigenvalue weighted by atomic mass is 35.5. The molecule has 156 valence electrons. The molecule has 1 aliphatic rings. The number of carbonyl (C=O) groups is 1. The van der Waals surface area contributed by atoms with Crippen LogP contribution in [-0.4, -0.2) is 61.3 Å². The van der Waals surface area contributed by atoms with E-state index in [-0.39, 0.29) is 5.91 Å². The minimum absolute atomic E-state index is 0.122. The average molecular weight is 428 g/mol. The van der Waals surface area contributed by atoms with Crippen molar-refractivity contribution in [2.24, 2.45) is 0 Å². The second-order valence-electron chi connectivity index (χ2n) is 6.80. The van der Waals surface area contributed by atoms with Crippen LogP contribution in [0.2, 0.25) is 5.02 Å². The van der Waals surface area contributed by atoms with Gasteiger partial charge in [-0.2, -0.15) is 0 Å². The second kappa shape index (κ2) is 8.77. The lowest BCUT2D eigenvalue weighted by atomic mass is 10.1. The Morgan fingerprint density at radius 2 is 1.97 bits per heavy atom. The molecule has 0 aliphatic carbocycles. The summed E-state index contributed by atoms with van der Waals surface area (Å²) in [6.45, 7) is 2.09. The molecule has 2 heterocycles. The van der Waals surface area contributed by atoms with Crippen LogP contribution in [-0.2, 0) is 9.53 Å². The van der Waals surface area contributed by atoms with E-state index in [1.807, 2.05) is 24.3 Å². The Labute approximate surface area is 179 Å². The molecule has 1 amide bonds. The Morgan fingerprint density at radius 3 is 2.67 bits per heavy atom. The summed E-state index contributed by atoms with van der Waals surface area (Å²) in [6.07, 6.45) is 1.77. The van der Waals surface area contributed by atoms with Gasteiger partial charge in [-0.25, -0.2) is 4.98 Å². The van der Waals surface area contributed by atoms with E-state index in [4.69, 9.17) is 25.8 Å². The maximum Gasteiger partial charge on any atom is 0.257 e. The molecule has 1 saturated heterocycles. The molecular formula is C22H22ClN3O4. The lowest BCUT2D eigenvalue weighted by Gasteiger charge is -2.27. The van der Waals surface area contributed by atoms with Crippen LogP contribution in [0.15, 0.2) is 36.4 Å². The van der Waals surface area contributed by atoms with Crippen molar-refractivity contribution in [1.82, 2.24) is 14.9 Å². The third kappa shape index (κ3) is 3.99. The highest BCUT2D eigenvalue weighted by molar-refractivity contribution is 6.32. The fourth-order valence-corrected chi connectivity index (χ4v) is 3.73. The summed E-state index contributed by atoms with van der Waals surface area (Å²) in [7, 11) is 3.07. The van der Waals surface area contributed by atoms with E-state index in [9.17, 15) is 4.79 Å². The predicted molar refractivity (Wildman–Crippen MR) is 116 cm³/mol. The number of halogens is 1. The van der Waals surface area contributed by atoms with E-state index in [0.29, 0.717) is 59.8 Å². The number of hydrogen-bond donors (Lipinski definition) is 1. The Kier molecular flexibility index (Phi) is 5.92. The first kappa shape index (κ1) is 20.3. The van der Waals surface area contributed by atoms with Gasteiger partial charge in [0, 0.05) is 13.1 Å². The maximum absolute atomic E-state index is 13.4. The largest absolute Gasteiger partial charge is 0.493 e. The number of imidazole rings is 1. The molecule has 0 bridgehead atoms. The monoisotopic (exact) mass is 427 g/mol. The summed E-state index contributed by atoms with van der Waals surface area (Å²) < 4.78 is 16.1. The van der Waals surface area contributed by atoms with E-state index in [0.717, 1.165) is 11.0 Å². The number of aromatic amines is 1. The molecular weight excluding hydrogens is 406 g/mol. The van der Waals surface area contributed by atoms with Crippen LogP contribution in [0.5, 0.6) is 11.5 Å². The Bertz CT molecular complexity index is 1070. The first-order valence-electron chi connectivity index (χ1n) is 9.56. The van der Waals surface area contributed by atoms with Gasteiger partial charge in [0.15, 0.2) is 11.5 Å². The van der Waals surface area contributed by atoms with E-state index in [2.05, 4.69) is 9.97 Å². The highest BCUT2D eigenvalue weighted by Crippen LogP contribution is 2.37. The van der Waals surface area contributed by atoms with Crippen molar-refractivity contribution in [2.75, 3.05) is 40.5 Å². The molecule has 3 aromatic rings. The van der Waals surface area contributed by atoms with Crippen molar-refractivity contribution in [1.29, 1.82) is 0 Å². The lowest BCUT2D eigenvalue weighted by molar-refractivity contribution is -0.128. The molecule has 30 heavy (non-hydrogen) atoms. The summed E-state index contributed by atoms with van der Waals surface area (Å²) in [5.74, 6) is 1.31. The molecule has 4 rings (SSSR count). The van der Waals surface area contributed by atoms with E-state index in [1.54, 1.807) is 30.2 Å². The summed E-state index contributed by atoms with van der Waals surface area (Å²) in [5, 5.41) is 0.394. The first-order chi connectivity index (χ1) is 14.6. The van der Waals surface area contributed by atoms with Crippen LogP contribution < -0.4 is 9.47 Å². The summed E-state index contributed by atoms with van der Waals surface area (Å²) in [5.41, 5.74) is 2.79. The summed E-state index contributed by atoms with van der Waals surface area (Å²) in [4.78, 5) is 23.1. The third-order valence-electron chi connectivity index (χ3n) is 4.94. The fraction of sp³-hybridized carbons (Fsp3) is 0.273. The average Bonchev–Trinajstić information content (AvgIpc) is 3.21. The first-order valence-corrected chi connectivity index (χ1v) is 9.94. The highest BCUT2D eigenvalue weighted by Gasteiger charge is 2.24. The standard InChI is InChI=1S/C22H22ClN3O4/c1-28-19-13-14(12-16(23)20(19)29-2)11-15(22(27)26-7-9-30-10-8-26)21-24-17-5-3-4-6-18(17)25-21/h3-6,11-13H,7-10H2,1-2H3,(H,24,25). The number of nitrogens with one attached hydrogen (secondary N) is 1. The van der Waals surface area contributed by atoms with Crippen LogP contribution >= 0.6 is 11.6 Å². The molecule has 1 fully saturated rings. The van der Waals surface area contributed by atoms with Crippen molar-refractivity contribution < 1.29 is 19.0 Å². The molecule has 2 aromatic carbocycles. The minimum Gasteiger partial charge on any atom is -0.493 e. The number of amides is 1. The molecule has 8 heteroatoms. The van der Waals surface area contributed by atoms with Crippen LogP contribution in [0.4, 0.5) is 0 Å². The number of nitrogens with zero attached hydrogens (tertiary/aromatic N) is 2. The number of carbonyl (C=O) groups excluding carboxylic acids is 1. The Hall–Kier alpha value is -3.03. The van der Waals surface area contributed by atoms with Gasteiger partial charge in [0.25, 0.3) is 5.91 Å². The van der Waals surface area contributed by atoms with Crippen molar-refractivity contribution in [3.63, 3.8) is 0 Å². The Balaban J connectivity index is 1.82. The molecule has 1 N–H and O–H groups in total. The number of methoxy groups -OCH3 is 2. The van der Waals surface area contributed by atoms with Crippen LogP contribution in [0.1, 0.15) is 11.4 Å². The predicted octanol–water partition coefficient (Wildman–Crippen LogP) is 3.63. The molecule has 0 radical (unpaired) electrons. The van der Waals surface area contributed by atoms with Crippen LogP contribution in [0.3, 0.4) is 0 Å². The molecule has 0 spiro atoms. The van der Waals surface area contributed by atoms with Crippen LogP contribution in [0.25, 0.3) is 22.7 Å². The van der Waals surface area contributed by atoms with Crippen LogP contribution in [0, 0.1) is 0 Å². The number of rotatable bonds is 5. The molecule has 0 saturated carbocycles. The molecule has 1 aromatic heterocycles. The van der Waals surface area contributed by atoms with Gasteiger partial charge < -0.3 is 24.1 Å². The number of fused-ring (bicyclic) bond motifs is 1. The van der Waals surface area contributed by atoms with Gasteiger partial charge in [0.2, 0.25) is 0 Å². The fourth-order valence-electron chi connectivity index (χ4n) is 3.44. The topological polar surface area (TPSA) is 76.7 Å². The van der Waals surface area contributed by atoms with Gasteiger partial charge in [-0.05, 0) is 35.9 Å². The smallest absolute Gasteiger partial charge is 0.257 e. The van der Waals surface area contributed by atoms with Gasteiger partial charge in [-0.15, -0.1) is 0 Å². The SMILES string of the molecule is COc1cc(C=C(C(=O)N2CCOCC2)c2nc3ccccc3[nH]2)cc(Cl)c1OC. The van der Waals surface area contributed by atoms with Gasteiger partial charge in [-0.3, -0.25) is 4.79 Å². The van der Waals surface area contributed by atoms with Crippen molar-refractivity contribution in [3.05, 3.63) is 52.8 Å². The van der Waals surface area contributed by atoms with Crippen molar-refractivity contribution >= 4 is 40.2 Å². The zero-order chi connectivity index (χ0) is 21.1. The summed E-state index contributed by atoms with van der Waals surface area (Å²) in [6, 6.07) is 11.2. The number of aromatic nitrogens is 2. The number of para-hydroxylation sites is 2. The Morgan fingerprint density at radius 1 is 1.20 bits per heavy atom. The van der Waals surface area contributed by atoms with Crippen molar-refractivity contribution in [2.45, 2.75) is 0 Å². The lowest BCUT2D eigenvalue weighted by Crippen LogP contribution is -2.41. The zero-order valence-electron chi connectivity index (χ0n) is 16.8. The summed E-state index contributed by atoms with van der Waals surface area (Å²) >= 11 is 6.37. The van der Waals surface area contributed by atoms with E-state index in [1.165, 1.54) is 7.11 Å². The van der Waals surface area contributed by atoms with Gasteiger partial charge in [-0.1, -0.05) is 23.7 Å². The second-order valence-corrected chi connectivity index (χ2v) is 7.21.